The van der Waals surface area contributed by atoms with Crippen LogP contribution >= 0.6 is 0 Å². The Kier molecular flexibility index (Phi) is 4.53. The second kappa shape index (κ2) is 5.47. The van der Waals surface area contributed by atoms with Gasteiger partial charge in [0, 0.05) is 0 Å². The Labute approximate surface area is 111 Å². The first-order valence-corrected chi connectivity index (χ1v) is 5.57. The van der Waals surface area contributed by atoms with Crippen LogP contribution in [0, 0.1) is 0 Å². The summed E-state index contributed by atoms with van der Waals surface area (Å²) in [4.78, 5) is 0. The molecule has 0 amide bonds. The lowest BCUT2D eigenvalue weighted by Gasteiger charge is -2.14. The van der Waals surface area contributed by atoms with Crippen molar-refractivity contribution in [3.8, 4) is 0 Å². The van der Waals surface area contributed by atoms with Crippen LogP contribution in [0.2, 0.25) is 0 Å². The smallest absolute Gasteiger partial charge is 0.389 e. The Hall–Kier alpha value is -1.50. The predicted octanol–water partition coefficient (Wildman–Crippen LogP) is 4.51. The second-order valence-corrected chi connectivity index (χ2v) is 4.38. The van der Waals surface area contributed by atoms with Crippen LogP contribution in [0.25, 0.3) is 5.57 Å². The van der Waals surface area contributed by atoms with Gasteiger partial charge in [0.15, 0.2) is 0 Å². The molecular weight excluding hydrogens is 286 g/mol. The standard InChI is InChI=1S/C13H12F6O/c1-7(3-8(2)20)9-4-10(12(14,15)16)6-11(5-9)13(17,18)19/h3-6,8,20H,1-2H3/b7-3-. The number of alkyl halides is 6. The van der Waals surface area contributed by atoms with Crippen LogP contribution in [0.1, 0.15) is 30.5 Å². The third-order valence-corrected chi connectivity index (χ3v) is 2.53. The topological polar surface area (TPSA) is 20.2 Å². The van der Waals surface area contributed by atoms with Gasteiger partial charge in [-0.1, -0.05) is 6.08 Å². The Balaban J connectivity index is 3.46. The molecule has 1 nitrogen and oxygen atoms in total. The number of aliphatic hydroxyl groups is 1. The van der Waals surface area contributed by atoms with Crippen LogP contribution in [0.4, 0.5) is 26.3 Å². The maximum Gasteiger partial charge on any atom is 0.416 e. The molecule has 1 unspecified atom stereocenters. The summed E-state index contributed by atoms with van der Waals surface area (Å²) in [6.07, 6.45) is -9.54. The molecule has 0 fully saturated rings. The average Bonchev–Trinajstić information content (AvgIpc) is 2.25. The van der Waals surface area contributed by atoms with E-state index in [2.05, 4.69) is 0 Å². The van der Waals surface area contributed by atoms with E-state index in [4.69, 9.17) is 5.11 Å². The van der Waals surface area contributed by atoms with Crippen LogP contribution in [0.15, 0.2) is 24.3 Å². The maximum absolute atomic E-state index is 12.6. The first kappa shape index (κ1) is 16.6. The molecular formula is C13H12F6O. The second-order valence-electron chi connectivity index (χ2n) is 4.38. The fourth-order valence-electron chi connectivity index (χ4n) is 1.64. The molecule has 1 aromatic rings. The van der Waals surface area contributed by atoms with Crippen molar-refractivity contribution >= 4 is 5.57 Å². The van der Waals surface area contributed by atoms with Crippen molar-refractivity contribution in [3.63, 3.8) is 0 Å². The molecule has 0 aliphatic rings. The van der Waals surface area contributed by atoms with E-state index >= 15 is 0 Å². The molecule has 0 aromatic heterocycles. The Morgan fingerprint density at radius 1 is 1.00 bits per heavy atom. The molecule has 1 N–H and O–H groups in total. The lowest BCUT2D eigenvalue weighted by molar-refractivity contribution is -0.143. The van der Waals surface area contributed by atoms with E-state index in [0.717, 1.165) is 0 Å². The van der Waals surface area contributed by atoms with E-state index in [1.165, 1.54) is 19.9 Å². The number of hydrogen-bond donors (Lipinski definition) is 1. The molecule has 7 heteroatoms. The Bertz CT molecular complexity index is 478. The van der Waals surface area contributed by atoms with Crippen LogP contribution < -0.4 is 0 Å². The van der Waals surface area contributed by atoms with E-state index in [1.54, 1.807) is 0 Å². The summed E-state index contributed by atoms with van der Waals surface area (Å²) < 4.78 is 75.8. The largest absolute Gasteiger partial charge is 0.416 e. The molecule has 1 aromatic carbocycles. The molecule has 0 radical (unpaired) electrons. The van der Waals surface area contributed by atoms with Crippen LogP contribution in [-0.2, 0) is 12.4 Å². The van der Waals surface area contributed by atoms with E-state index in [0.29, 0.717) is 12.1 Å². The summed E-state index contributed by atoms with van der Waals surface area (Å²) in [6.45, 7) is 2.68. The minimum atomic E-state index is -4.87. The monoisotopic (exact) mass is 298 g/mol. The molecule has 0 bridgehead atoms. The molecule has 112 valence electrons. The fraction of sp³-hybridized carbons (Fsp3) is 0.385. The number of allylic oxidation sites excluding steroid dienone is 1. The highest BCUT2D eigenvalue weighted by Crippen LogP contribution is 2.37. The van der Waals surface area contributed by atoms with E-state index in [9.17, 15) is 26.3 Å². The molecule has 0 saturated carbocycles. The summed E-state index contributed by atoms with van der Waals surface area (Å²) in [7, 11) is 0. The molecule has 0 saturated heterocycles. The van der Waals surface area contributed by atoms with Gasteiger partial charge in [-0.15, -0.1) is 0 Å². The van der Waals surface area contributed by atoms with Gasteiger partial charge >= 0.3 is 12.4 Å². The van der Waals surface area contributed by atoms with Crippen molar-refractivity contribution in [2.75, 3.05) is 0 Å². The van der Waals surface area contributed by atoms with Gasteiger partial charge in [-0.25, -0.2) is 0 Å². The molecule has 0 heterocycles. The predicted molar refractivity (Wildman–Crippen MR) is 61.8 cm³/mol. The summed E-state index contributed by atoms with van der Waals surface area (Å²) in [6, 6.07) is 1.33. The first-order valence-electron chi connectivity index (χ1n) is 5.57. The van der Waals surface area contributed by atoms with Crippen LogP contribution in [0.5, 0.6) is 0 Å². The lowest BCUT2D eigenvalue weighted by Crippen LogP contribution is -2.11. The minimum Gasteiger partial charge on any atom is -0.389 e. The summed E-state index contributed by atoms with van der Waals surface area (Å²) in [5.41, 5.74) is -2.84. The van der Waals surface area contributed by atoms with Crippen molar-refractivity contribution in [2.45, 2.75) is 32.3 Å². The molecule has 1 atom stereocenters. The van der Waals surface area contributed by atoms with Gasteiger partial charge in [-0.2, -0.15) is 26.3 Å². The number of hydrogen-bond acceptors (Lipinski definition) is 1. The van der Waals surface area contributed by atoms with Crippen molar-refractivity contribution < 1.29 is 31.4 Å². The quantitative estimate of drug-likeness (QED) is 0.797. The SMILES string of the molecule is C/C(=C/C(C)O)c1cc(C(F)(F)F)cc(C(F)(F)F)c1. The van der Waals surface area contributed by atoms with Gasteiger partial charge in [0.1, 0.15) is 0 Å². The highest BCUT2D eigenvalue weighted by Gasteiger charge is 2.36. The van der Waals surface area contributed by atoms with Gasteiger partial charge < -0.3 is 5.11 Å². The van der Waals surface area contributed by atoms with Gasteiger partial charge in [0.2, 0.25) is 0 Å². The van der Waals surface area contributed by atoms with E-state index < -0.39 is 29.6 Å². The zero-order valence-corrected chi connectivity index (χ0v) is 10.6. The minimum absolute atomic E-state index is 0.0686. The highest BCUT2D eigenvalue weighted by molar-refractivity contribution is 5.65. The molecule has 1 rings (SSSR count). The average molecular weight is 298 g/mol. The van der Waals surface area contributed by atoms with Crippen molar-refractivity contribution in [3.05, 3.63) is 41.0 Å². The van der Waals surface area contributed by atoms with Crippen LogP contribution in [0.3, 0.4) is 0 Å². The molecule has 0 aliphatic heterocycles. The van der Waals surface area contributed by atoms with Gasteiger partial charge in [0.05, 0.1) is 17.2 Å². The third kappa shape index (κ3) is 4.26. The zero-order chi connectivity index (χ0) is 15.7. The summed E-state index contributed by atoms with van der Waals surface area (Å²) in [5.74, 6) is 0. The Morgan fingerprint density at radius 2 is 1.40 bits per heavy atom. The highest BCUT2D eigenvalue weighted by atomic mass is 19.4. The summed E-state index contributed by atoms with van der Waals surface area (Å²) in [5, 5.41) is 9.12. The zero-order valence-electron chi connectivity index (χ0n) is 10.6. The number of rotatable bonds is 2. The van der Waals surface area contributed by atoms with Gasteiger partial charge in [-0.05, 0) is 43.2 Å². The Morgan fingerprint density at radius 3 is 1.70 bits per heavy atom. The molecule has 0 aliphatic carbocycles. The summed E-state index contributed by atoms with van der Waals surface area (Å²) >= 11 is 0. The van der Waals surface area contributed by atoms with Gasteiger partial charge in [-0.3, -0.25) is 0 Å². The number of aliphatic hydroxyl groups excluding tert-OH is 1. The number of benzene rings is 1. The first-order chi connectivity index (χ1) is 8.91. The number of halogens is 6. The lowest BCUT2D eigenvalue weighted by atomic mass is 9.99. The van der Waals surface area contributed by atoms with Crippen molar-refractivity contribution in [1.29, 1.82) is 0 Å². The van der Waals surface area contributed by atoms with E-state index in [1.807, 2.05) is 0 Å². The normalized spacial score (nSPS) is 15.3. The third-order valence-electron chi connectivity index (χ3n) is 2.53. The molecule has 0 spiro atoms. The maximum atomic E-state index is 12.6. The van der Waals surface area contributed by atoms with Crippen molar-refractivity contribution in [1.82, 2.24) is 0 Å². The van der Waals surface area contributed by atoms with Crippen LogP contribution in [-0.4, -0.2) is 11.2 Å². The fourth-order valence-corrected chi connectivity index (χ4v) is 1.64. The van der Waals surface area contributed by atoms with E-state index in [-0.39, 0.29) is 17.2 Å². The molecule has 20 heavy (non-hydrogen) atoms. The van der Waals surface area contributed by atoms with Crippen molar-refractivity contribution in [2.24, 2.45) is 0 Å². The van der Waals surface area contributed by atoms with Gasteiger partial charge in [0.25, 0.3) is 0 Å².